The first kappa shape index (κ1) is 20.4. The summed E-state index contributed by atoms with van der Waals surface area (Å²) in [7, 11) is -0.650. The molecule has 0 saturated carbocycles. The number of hydrogen-bond acceptors (Lipinski definition) is 5. The van der Waals surface area contributed by atoms with E-state index in [-0.39, 0.29) is 16.4 Å². The maximum atomic E-state index is 14.3. The third-order valence-corrected chi connectivity index (χ3v) is 6.96. The van der Waals surface area contributed by atoms with Crippen molar-refractivity contribution < 1.29 is 17.6 Å². The summed E-state index contributed by atoms with van der Waals surface area (Å²) in [6.07, 6.45) is 3.09. The van der Waals surface area contributed by atoms with Gasteiger partial charge in [0.1, 0.15) is 5.82 Å². The molecule has 4 rings (SSSR count). The number of carbonyl (C=O) groups excluding carboxylic acids is 1. The van der Waals surface area contributed by atoms with Crippen LogP contribution in [-0.4, -0.2) is 54.1 Å². The predicted octanol–water partition coefficient (Wildman–Crippen LogP) is 2.04. The Morgan fingerprint density at radius 3 is 2.67 bits per heavy atom. The minimum Gasteiger partial charge on any atom is -0.339 e. The first-order valence-corrected chi connectivity index (χ1v) is 11.1. The van der Waals surface area contributed by atoms with Crippen molar-refractivity contribution in [2.45, 2.75) is 23.7 Å². The monoisotopic (exact) mass is 431 g/mol. The van der Waals surface area contributed by atoms with E-state index in [0.717, 1.165) is 34.9 Å². The number of amides is 1. The van der Waals surface area contributed by atoms with Crippen LogP contribution in [0.2, 0.25) is 0 Å². The molecule has 3 aromatic rings. The van der Waals surface area contributed by atoms with E-state index in [0.29, 0.717) is 25.9 Å². The Bertz CT molecular complexity index is 1220. The van der Waals surface area contributed by atoms with Crippen LogP contribution >= 0.6 is 0 Å². The van der Waals surface area contributed by atoms with Crippen molar-refractivity contribution in [2.24, 2.45) is 7.05 Å². The van der Waals surface area contributed by atoms with Gasteiger partial charge in [-0.1, -0.05) is 0 Å². The topological polar surface area (TPSA) is 97.2 Å². The zero-order chi connectivity index (χ0) is 21.5. The number of rotatable bonds is 4. The summed E-state index contributed by atoms with van der Waals surface area (Å²) in [6, 6.07) is 7.11. The molecule has 1 aliphatic heterocycles. The molecule has 3 heterocycles. The molecule has 1 aromatic carbocycles. The summed E-state index contributed by atoms with van der Waals surface area (Å²) in [5.41, 5.74) is 1.54. The molecule has 10 heteroatoms. The van der Waals surface area contributed by atoms with E-state index in [2.05, 4.69) is 14.8 Å². The van der Waals surface area contributed by atoms with Gasteiger partial charge in [0.05, 0.1) is 16.2 Å². The van der Waals surface area contributed by atoms with Gasteiger partial charge in [0.2, 0.25) is 10.0 Å². The van der Waals surface area contributed by atoms with Crippen molar-refractivity contribution in [2.75, 3.05) is 20.1 Å². The number of fused-ring (bicyclic) bond motifs is 1. The van der Waals surface area contributed by atoms with E-state index in [1.54, 1.807) is 15.8 Å². The minimum absolute atomic E-state index is 0.142. The van der Waals surface area contributed by atoms with E-state index in [4.69, 9.17) is 0 Å². The first-order valence-electron chi connectivity index (χ1n) is 9.62. The quantitative estimate of drug-likeness (QED) is 0.682. The highest BCUT2D eigenvalue weighted by atomic mass is 32.2. The van der Waals surface area contributed by atoms with Gasteiger partial charge in [0, 0.05) is 37.6 Å². The molecule has 2 aromatic heterocycles. The highest BCUT2D eigenvalue weighted by molar-refractivity contribution is 7.89. The lowest BCUT2D eigenvalue weighted by Gasteiger charge is -2.31. The van der Waals surface area contributed by atoms with Gasteiger partial charge in [0.15, 0.2) is 5.65 Å². The SMILES string of the molecule is CNS(=O)(=O)c1ccc(F)c(C(=O)N2CCC(c3nn(C)c4ncccc34)CC2)c1. The second kappa shape index (κ2) is 7.77. The standard InChI is InChI=1S/C20H22FN5O3S/c1-22-30(28,29)14-5-6-17(21)16(12-14)20(27)26-10-7-13(8-11-26)18-15-4-3-9-23-19(15)25(2)24-18/h3-6,9,12-13,22H,7-8,10-11H2,1-2H3. The summed E-state index contributed by atoms with van der Waals surface area (Å²) in [6.45, 7) is 0.870. The fraction of sp³-hybridized carbons (Fsp3) is 0.350. The average Bonchev–Trinajstić information content (AvgIpc) is 3.10. The summed E-state index contributed by atoms with van der Waals surface area (Å²) in [5, 5.41) is 5.62. The zero-order valence-electron chi connectivity index (χ0n) is 16.7. The summed E-state index contributed by atoms with van der Waals surface area (Å²) in [4.78, 5) is 18.7. The third kappa shape index (κ3) is 3.56. The second-order valence-corrected chi connectivity index (χ2v) is 9.19. The normalized spacial score (nSPS) is 15.6. The van der Waals surface area contributed by atoms with Gasteiger partial charge >= 0.3 is 0 Å². The van der Waals surface area contributed by atoms with Crippen LogP contribution in [-0.2, 0) is 17.1 Å². The van der Waals surface area contributed by atoms with Crippen molar-refractivity contribution in [1.29, 1.82) is 0 Å². The van der Waals surface area contributed by atoms with Crippen molar-refractivity contribution in [3.05, 3.63) is 53.6 Å². The number of sulfonamides is 1. The molecule has 0 atom stereocenters. The highest BCUT2D eigenvalue weighted by Gasteiger charge is 2.29. The molecule has 30 heavy (non-hydrogen) atoms. The maximum Gasteiger partial charge on any atom is 0.256 e. The van der Waals surface area contributed by atoms with Crippen LogP contribution in [0.1, 0.15) is 34.8 Å². The molecule has 1 aliphatic rings. The lowest BCUT2D eigenvalue weighted by atomic mass is 9.91. The number of aryl methyl sites for hydroxylation is 1. The second-order valence-electron chi connectivity index (χ2n) is 7.30. The molecule has 0 bridgehead atoms. The van der Waals surface area contributed by atoms with Gasteiger partial charge in [-0.25, -0.2) is 22.5 Å². The van der Waals surface area contributed by atoms with Gasteiger partial charge in [-0.3, -0.25) is 9.48 Å². The fourth-order valence-corrected chi connectivity index (χ4v) is 4.65. The van der Waals surface area contributed by atoms with Gasteiger partial charge in [-0.15, -0.1) is 0 Å². The van der Waals surface area contributed by atoms with Crippen molar-refractivity contribution in [3.63, 3.8) is 0 Å². The number of carbonyl (C=O) groups is 1. The molecule has 1 fully saturated rings. The van der Waals surface area contributed by atoms with Crippen LogP contribution in [0.15, 0.2) is 41.4 Å². The van der Waals surface area contributed by atoms with E-state index in [1.165, 1.54) is 7.05 Å². The number of hydrogen-bond donors (Lipinski definition) is 1. The molecule has 1 saturated heterocycles. The molecule has 1 N–H and O–H groups in total. The number of nitrogens with zero attached hydrogens (tertiary/aromatic N) is 4. The maximum absolute atomic E-state index is 14.3. The number of nitrogens with one attached hydrogen (secondary N) is 1. The Morgan fingerprint density at radius 1 is 1.23 bits per heavy atom. The van der Waals surface area contributed by atoms with E-state index >= 15 is 0 Å². The largest absolute Gasteiger partial charge is 0.339 e. The first-order chi connectivity index (χ1) is 14.3. The Morgan fingerprint density at radius 2 is 1.97 bits per heavy atom. The van der Waals surface area contributed by atoms with Crippen LogP contribution in [0.4, 0.5) is 4.39 Å². The lowest BCUT2D eigenvalue weighted by Crippen LogP contribution is -2.38. The Balaban J connectivity index is 1.53. The Hall–Kier alpha value is -2.85. The number of benzene rings is 1. The van der Waals surface area contributed by atoms with E-state index in [1.807, 2.05) is 19.2 Å². The fourth-order valence-electron chi connectivity index (χ4n) is 3.90. The number of aromatic nitrogens is 3. The lowest BCUT2D eigenvalue weighted by molar-refractivity contribution is 0.0707. The third-order valence-electron chi connectivity index (χ3n) is 5.54. The average molecular weight is 431 g/mol. The number of pyridine rings is 1. The molecular formula is C20H22FN5O3S. The molecular weight excluding hydrogens is 409 g/mol. The molecule has 0 radical (unpaired) electrons. The van der Waals surface area contributed by atoms with Crippen molar-refractivity contribution >= 4 is 27.0 Å². The molecule has 158 valence electrons. The number of halogens is 1. The minimum atomic E-state index is -3.77. The molecule has 8 nitrogen and oxygen atoms in total. The van der Waals surface area contributed by atoms with E-state index < -0.39 is 21.7 Å². The molecule has 0 unspecified atom stereocenters. The van der Waals surface area contributed by atoms with Crippen molar-refractivity contribution in [1.82, 2.24) is 24.4 Å². The van der Waals surface area contributed by atoms with Crippen molar-refractivity contribution in [3.8, 4) is 0 Å². The summed E-state index contributed by atoms with van der Waals surface area (Å²) < 4.78 is 42.2. The Labute approximate surface area is 173 Å². The zero-order valence-corrected chi connectivity index (χ0v) is 17.5. The van der Waals surface area contributed by atoms with Gasteiger partial charge in [-0.2, -0.15) is 5.10 Å². The van der Waals surface area contributed by atoms with Crippen LogP contribution < -0.4 is 4.72 Å². The van der Waals surface area contributed by atoms with E-state index in [9.17, 15) is 17.6 Å². The summed E-state index contributed by atoms with van der Waals surface area (Å²) >= 11 is 0. The van der Waals surface area contributed by atoms with Crippen LogP contribution in [0.25, 0.3) is 11.0 Å². The smallest absolute Gasteiger partial charge is 0.256 e. The number of likely N-dealkylation sites (tertiary alicyclic amines) is 1. The Kier molecular flexibility index (Phi) is 5.29. The molecule has 0 spiro atoms. The summed E-state index contributed by atoms with van der Waals surface area (Å²) in [5.74, 6) is -1.08. The van der Waals surface area contributed by atoms with Gasteiger partial charge < -0.3 is 4.90 Å². The van der Waals surface area contributed by atoms with Crippen LogP contribution in [0, 0.1) is 5.82 Å². The van der Waals surface area contributed by atoms with Gasteiger partial charge in [-0.05, 0) is 50.2 Å². The van der Waals surface area contributed by atoms with Gasteiger partial charge in [0.25, 0.3) is 5.91 Å². The van der Waals surface area contributed by atoms with Crippen LogP contribution in [0.5, 0.6) is 0 Å². The highest BCUT2D eigenvalue weighted by Crippen LogP contribution is 2.32. The molecule has 1 amide bonds. The number of piperidine rings is 1. The molecule has 0 aliphatic carbocycles. The van der Waals surface area contributed by atoms with Crippen LogP contribution in [0.3, 0.4) is 0 Å². The predicted molar refractivity (Wildman–Crippen MR) is 109 cm³/mol.